The van der Waals surface area contributed by atoms with Gasteiger partial charge in [0.2, 0.25) is 11.8 Å². The Kier molecular flexibility index (Phi) is 5.88. The first-order chi connectivity index (χ1) is 15.9. The van der Waals surface area contributed by atoms with E-state index in [9.17, 15) is 19.5 Å². The van der Waals surface area contributed by atoms with Crippen LogP contribution in [0.2, 0.25) is 0 Å². The minimum absolute atomic E-state index is 0.153. The summed E-state index contributed by atoms with van der Waals surface area (Å²) in [5.74, 6) is 0.584. The molecule has 0 aliphatic carbocycles. The third-order valence-corrected chi connectivity index (χ3v) is 7.51. The first kappa shape index (κ1) is 22.3. The molecule has 1 aromatic rings. The van der Waals surface area contributed by atoms with Crippen molar-refractivity contribution >= 4 is 17.7 Å². The predicted octanol–water partition coefficient (Wildman–Crippen LogP) is 0.0661. The van der Waals surface area contributed by atoms with Crippen LogP contribution >= 0.6 is 0 Å². The Hall–Kier alpha value is -2.49. The zero-order chi connectivity index (χ0) is 23.2. The maximum absolute atomic E-state index is 13.6. The fraction of sp³-hybridized carbons (Fsp3) is 0.625. The molecule has 33 heavy (non-hydrogen) atoms. The Labute approximate surface area is 193 Å². The molecule has 5 rings (SSSR count). The highest BCUT2D eigenvalue weighted by molar-refractivity contribution is 6.06. The van der Waals surface area contributed by atoms with E-state index in [2.05, 4.69) is 4.90 Å². The molecular weight excluding hydrogens is 424 g/mol. The summed E-state index contributed by atoms with van der Waals surface area (Å²) in [6.45, 7) is 3.75. The van der Waals surface area contributed by atoms with Crippen LogP contribution in [0.1, 0.15) is 31.2 Å². The number of methoxy groups -OCH3 is 1. The lowest BCUT2D eigenvalue weighted by Crippen LogP contribution is -2.81. The Morgan fingerprint density at radius 1 is 1.18 bits per heavy atom. The van der Waals surface area contributed by atoms with Crippen LogP contribution in [0.15, 0.2) is 24.3 Å². The van der Waals surface area contributed by atoms with Crippen LogP contribution in [-0.4, -0.2) is 106 Å². The van der Waals surface area contributed by atoms with Crippen molar-refractivity contribution in [2.75, 3.05) is 46.4 Å². The fourth-order valence-electron chi connectivity index (χ4n) is 5.90. The molecule has 0 radical (unpaired) electrons. The maximum atomic E-state index is 13.6. The summed E-state index contributed by atoms with van der Waals surface area (Å²) in [5, 5.41) is 10.3. The molecule has 0 saturated carbocycles. The van der Waals surface area contributed by atoms with Gasteiger partial charge in [0.05, 0.1) is 19.3 Å². The number of benzene rings is 1. The second kappa shape index (κ2) is 8.70. The van der Waals surface area contributed by atoms with Gasteiger partial charge in [0.25, 0.3) is 5.91 Å². The number of hydrogen-bond donors (Lipinski definition) is 1. The number of amides is 3. The van der Waals surface area contributed by atoms with E-state index in [1.54, 1.807) is 7.11 Å². The summed E-state index contributed by atoms with van der Waals surface area (Å²) >= 11 is 0. The average molecular weight is 457 g/mol. The zero-order valence-electron chi connectivity index (χ0n) is 19.1. The minimum atomic E-state index is -0.765. The molecule has 1 aromatic carbocycles. The van der Waals surface area contributed by atoms with Gasteiger partial charge >= 0.3 is 0 Å². The number of carbonyl (C=O) groups excluding carboxylic acids is 3. The minimum Gasteiger partial charge on any atom is -0.497 e. The molecule has 2 atom stereocenters. The van der Waals surface area contributed by atoms with Gasteiger partial charge in [0.15, 0.2) is 0 Å². The van der Waals surface area contributed by atoms with Crippen LogP contribution < -0.4 is 4.74 Å². The molecule has 3 amide bonds. The monoisotopic (exact) mass is 456 g/mol. The molecule has 4 aliphatic rings. The van der Waals surface area contributed by atoms with Crippen molar-refractivity contribution in [3.05, 3.63) is 29.8 Å². The van der Waals surface area contributed by atoms with Gasteiger partial charge < -0.3 is 14.7 Å². The number of aliphatic hydroxyl groups is 1. The molecule has 9 nitrogen and oxygen atoms in total. The molecule has 1 N–H and O–H groups in total. The Morgan fingerprint density at radius 3 is 2.73 bits per heavy atom. The number of fused-ring (bicyclic) bond motifs is 2. The number of aliphatic hydroxyl groups excluding tert-OH is 1. The van der Waals surface area contributed by atoms with Crippen LogP contribution in [0.25, 0.3) is 0 Å². The van der Waals surface area contributed by atoms with E-state index in [1.165, 1.54) is 4.90 Å². The molecule has 178 valence electrons. The van der Waals surface area contributed by atoms with Gasteiger partial charge in [-0.25, -0.2) is 0 Å². The number of piperazine rings is 1. The second-order valence-corrected chi connectivity index (χ2v) is 9.72. The first-order valence-corrected chi connectivity index (χ1v) is 11.8. The first-order valence-electron chi connectivity index (χ1n) is 11.8. The molecule has 2 unspecified atom stereocenters. The number of imide groups is 1. The van der Waals surface area contributed by atoms with Crippen LogP contribution in [0.4, 0.5) is 0 Å². The van der Waals surface area contributed by atoms with Gasteiger partial charge in [-0.15, -0.1) is 0 Å². The normalized spacial score (nSPS) is 27.4. The summed E-state index contributed by atoms with van der Waals surface area (Å²) in [6, 6.07) is 7.43. The smallest absolute Gasteiger partial charge is 0.252 e. The lowest BCUT2D eigenvalue weighted by molar-refractivity contribution is -0.180. The molecule has 0 aromatic heterocycles. The third kappa shape index (κ3) is 3.92. The number of ether oxygens (including phenoxy) is 1. The predicted molar refractivity (Wildman–Crippen MR) is 119 cm³/mol. The van der Waals surface area contributed by atoms with Crippen molar-refractivity contribution in [2.24, 2.45) is 0 Å². The van der Waals surface area contributed by atoms with Crippen molar-refractivity contribution in [3.63, 3.8) is 0 Å². The molecule has 4 saturated heterocycles. The van der Waals surface area contributed by atoms with E-state index >= 15 is 0 Å². The second-order valence-electron chi connectivity index (χ2n) is 9.72. The molecule has 4 heterocycles. The van der Waals surface area contributed by atoms with E-state index in [4.69, 9.17) is 4.74 Å². The highest BCUT2D eigenvalue weighted by Gasteiger charge is 2.64. The van der Waals surface area contributed by atoms with Gasteiger partial charge in [0, 0.05) is 52.2 Å². The lowest BCUT2D eigenvalue weighted by atomic mass is 9.82. The highest BCUT2D eigenvalue weighted by Crippen LogP contribution is 2.41. The number of nitrogens with zero attached hydrogens (tertiary/aromatic N) is 4. The third-order valence-electron chi connectivity index (χ3n) is 7.51. The maximum Gasteiger partial charge on any atom is 0.252 e. The Morgan fingerprint density at radius 2 is 2.00 bits per heavy atom. The van der Waals surface area contributed by atoms with E-state index in [0.717, 1.165) is 24.3 Å². The molecule has 4 fully saturated rings. The Balaban J connectivity index is 1.28. The van der Waals surface area contributed by atoms with E-state index < -0.39 is 17.7 Å². The van der Waals surface area contributed by atoms with Gasteiger partial charge in [-0.3, -0.25) is 29.1 Å². The quantitative estimate of drug-likeness (QED) is 0.580. The molecule has 1 spiro atoms. The zero-order valence-corrected chi connectivity index (χ0v) is 19.1. The largest absolute Gasteiger partial charge is 0.497 e. The van der Waals surface area contributed by atoms with Crippen molar-refractivity contribution in [3.8, 4) is 5.75 Å². The summed E-state index contributed by atoms with van der Waals surface area (Å²) in [4.78, 5) is 46.1. The standard InChI is InChI=1S/C24H32N4O5/c1-33-19-6-2-5-17(11-19)13-25-15-24(16-25)23(32)27(10-4-9-26-8-3-7-21(26)30)22(31)20-12-18(29)14-28(20)24/h2,5-6,11,18,20,29H,3-4,7-10,12-16H2,1H3. The van der Waals surface area contributed by atoms with Crippen molar-refractivity contribution in [1.82, 2.24) is 19.6 Å². The van der Waals surface area contributed by atoms with Gasteiger partial charge in [-0.1, -0.05) is 12.1 Å². The van der Waals surface area contributed by atoms with E-state index in [-0.39, 0.29) is 17.7 Å². The number of carbonyl (C=O) groups is 3. The van der Waals surface area contributed by atoms with Crippen LogP contribution in [0, 0.1) is 0 Å². The van der Waals surface area contributed by atoms with Crippen LogP contribution in [0.3, 0.4) is 0 Å². The number of rotatable bonds is 7. The van der Waals surface area contributed by atoms with Gasteiger partial charge in [0.1, 0.15) is 11.3 Å². The Bertz CT molecular complexity index is 947. The highest BCUT2D eigenvalue weighted by atomic mass is 16.5. The summed E-state index contributed by atoms with van der Waals surface area (Å²) in [7, 11) is 1.64. The van der Waals surface area contributed by atoms with E-state index in [0.29, 0.717) is 58.5 Å². The summed E-state index contributed by atoms with van der Waals surface area (Å²) in [5.41, 5.74) is 0.340. The fourth-order valence-corrected chi connectivity index (χ4v) is 5.90. The molecule has 9 heteroatoms. The van der Waals surface area contributed by atoms with Crippen molar-refractivity contribution in [2.45, 2.75) is 49.9 Å². The number of hydrogen-bond acceptors (Lipinski definition) is 7. The molecular formula is C24H32N4O5. The average Bonchev–Trinajstić information content (AvgIpc) is 3.37. The van der Waals surface area contributed by atoms with Crippen LogP contribution in [-0.2, 0) is 20.9 Å². The summed E-state index contributed by atoms with van der Waals surface area (Å²) < 4.78 is 5.31. The molecule has 4 aliphatic heterocycles. The number of likely N-dealkylation sites (tertiary alicyclic amines) is 2. The van der Waals surface area contributed by atoms with Crippen molar-refractivity contribution in [1.29, 1.82) is 0 Å². The van der Waals surface area contributed by atoms with Gasteiger partial charge in [-0.05, 0) is 37.0 Å². The topological polar surface area (TPSA) is 93.6 Å². The van der Waals surface area contributed by atoms with Crippen molar-refractivity contribution < 1.29 is 24.2 Å². The number of β-amino-alcohol motifs (C(OH)–C–C–N with tert-alkyl or cyclic N) is 1. The lowest BCUT2D eigenvalue weighted by Gasteiger charge is -2.58. The van der Waals surface area contributed by atoms with Gasteiger partial charge in [-0.2, -0.15) is 0 Å². The van der Waals surface area contributed by atoms with Crippen LogP contribution in [0.5, 0.6) is 5.75 Å². The van der Waals surface area contributed by atoms with E-state index in [1.807, 2.05) is 34.1 Å². The SMILES string of the molecule is COc1cccc(CN2CC3(C2)C(=O)N(CCCN2CCCC2=O)C(=O)C2CC(O)CN23)c1. The summed E-state index contributed by atoms with van der Waals surface area (Å²) in [6.07, 6.45) is 1.82. The molecule has 0 bridgehead atoms.